The van der Waals surface area contributed by atoms with Crippen LogP contribution in [0.1, 0.15) is 20.8 Å². The Hall–Kier alpha value is -2.43. The van der Waals surface area contributed by atoms with Gasteiger partial charge in [-0.2, -0.15) is 4.31 Å². The molecule has 2 aliphatic rings. The molecule has 2 aromatic rings. The first-order chi connectivity index (χ1) is 15.1. The summed E-state index contributed by atoms with van der Waals surface area (Å²) in [6.07, 6.45) is 1.14. The van der Waals surface area contributed by atoms with E-state index in [4.69, 9.17) is 9.47 Å². The third kappa shape index (κ3) is 4.82. The third-order valence-corrected chi connectivity index (χ3v) is 7.41. The number of para-hydroxylation sites is 1. The van der Waals surface area contributed by atoms with E-state index in [0.29, 0.717) is 52.5 Å². The highest BCUT2D eigenvalue weighted by molar-refractivity contribution is 7.89. The van der Waals surface area contributed by atoms with Crippen molar-refractivity contribution in [3.63, 3.8) is 0 Å². The van der Waals surface area contributed by atoms with Gasteiger partial charge in [-0.1, -0.05) is 12.1 Å². The molecule has 0 spiro atoms. The molecule has 0 aliphatic carbocycles. The highest BCUT2D eigenvalue weighted by Gasteiger charge is 2.29. The Kier molecular flexibility index (Phi) is 6.28. The predicted molar refractivity (Wildman–Crippen MR) is 121 cm³/mol. The van der Waals surface area contributed by atoms with Crippen molar-refractivity contribution in [2.24, 2.45) is 0 Å². The second-order valence-electron chi connectivity index (χ2n) is 8.99. The molecule has 0 atom stereocenters. The molecule has 0 radical (unpaired) electrons. The average molecular weight is 463 g/mol. The zero-order valence-corrected chi connectivity index (χ0v) is 19.6. The maximum absolute atomic E-state index is 13.0. The van der Waals surface area contributed by atoms with Crippen molar-refractivity contribution in [3.8, 4) is 0 Å². The largest absolute Gasteiger partial charge is 0.444 e. The molecule has 3 heterocycles. The fraction of sp³-hybridized carbons (Fsp3) is 0.545. The zero-order valence-electron chi connectivity index (χ0n) is 18.8. The summed E-state index contributed by atoms with van der Waals surface area (Å²) in [7, 11) is -3.60. The molecule has 32 heavy (non-hydrogen) atoms. The van der Waals surface area contributed by atoms with Gasteiger partial charge in [-0.25, -0.2) is 13.2 Å². The number of piperazine rings is 1. The lowest BCUT2D eigenvalue weighted by Gasteiger charge is -2.37. The minimum atomic E-state index is -3.60. The van der Waals surface area contributed by atoms with Crippen LogP contribution in [0.3, 0.4) is 0 Å². The molecule has 2 fully saturated rings. The summed E-state index contributed by atoms with van der Waals surface area (Å²) >= 11 is 0. The summed E-state index contributed by atoms with van der Waals surface area (Å²) in [6, 6.07) is 7.45. The summed E-state index contributed by atoms with van der Waals surface area (Å²) in [5.74, 6) is 0. The van der Waals surface area contributed by atoms with Gasteiger partial charge in [0.25, 0.3) is 0 Å². The van der Waals surface area contributed by atoms with Crippen molar-refractivity contribution in [1.82, 2.24) is 14.2 Å². The number of hydrogen-bond donors (Lipinski definition) is 0. The van der Waals surface area contributed by atoms with Crippen molar-refractivity contribution < 1.29 is 22.7 Å². The summed E-state index contributed by atoms with van der Waals surface area (Å²) in [6.45, 7) is 9.47. The number of amides is 1. The van der Waals surface area contributed by atoms with Gasteiger partial charge in [0.1, 0.15) is 10.5 Å². The van der Waals surface area contributed by atoms with Crippen LogP contribution in [0.15, 0.2) is 35.4 Å². The molecule has 0 N–H and O–H groups in total. The molecule has 0 unspecified atom stereocenters. The number of fused-ring (bicyclic) bond motifs is 1. The molecule has 9 nitrogen and oxygen atoms in total. The minimum absolute atomic E-state index is 0.193. The second kappa shape index (κ2) is 8.84. The van der Waals surface area contributed by atoms with Crippen LogP contribution in [0.25, 0.3) is 10.9 Å². The van der Waals surface area contributed by atoms with Crippen LogP contribution in [0, 0.1) is 0 Å². The van der Waals surface area contributed by atoms with E-state index < -0.39 is 15.6 Å². The molecule has 2 aliphatic heterocycles. The number of carbonyl (C=O) groups excluding carboxylic acids is 1. The van der Waals surface area contributed by atoms with E-state index in [9.17, 15) is 13.2 Å². The molecule has 0 saturated carbocycles. The summed E-state index contributed by atoms with van der Waals surface area (Å²) in [4.78, 5) is 21.0. The summed E-state index contributed by atoms with van der Waals surface area (Å²) in [5, 5.41) is 0.770. The topological polar surface area (TPSA) is 92.3 Å². The van der Waals surface area contributed by atoms with E-state index in [0.717, 1.165) is 16.6 Å². The normalized spacial score (nSPS) is 18.7. The lowest BCUT2D eigenvalue weighted by molar-refractivity contribution is 0.0240. The standard InChI is InChI=1S/C22H30N4O5S/c1-22(2,3)31-21(27)25-9-7-24(8-10-25)19-6-4-5-17-15-18(16-23-20(17)19)32(28,29)26-11-13-30-14-12-26/h4-6,15-16H,7-14H2,1-3H3. The van der Waals surface area contributed by atoms with Crippen molar-refractivity contribution in [2.75, 3.05) is 57.4 Å². The minimum Gasteiger partial charge on any atom is -0.444 e. The van der Waals surface area contributed by atoms with Gasteiger partial charge in [-0.15, -0.1) is 0 Å². The van der Waals surface area contributed by atoms with Crippen molar-refractivity contribution in [2.45, 2.75) is 31.3 Å². The van der Waals surface area contributed by atoms with E-state index in [1.54, 1.807) is 11.0 Å². The monoisotopic (exact) mass is 462 g/mol. The quantitative estimate of drug-likeness (QED) is 0.691. The van der Waals surface area contributed by atoms with Gasteiger partial charge in [0.15, 0.2) is 0 Å². The third-order valence-electron chi connectivity index (χ3n) is 5.54. The second-order valence-corrected chi connectivity index (χ2v) is 10.9. The highest BCUT2D eigenvalue weighted by Crippen LogP contribution is 2.29. The fourth-order valence-corrected chi connectivity index (χ4v) is 5.30. The van der Waals surface area contributed by atoms with Crippen molar-refractivity contribution in [1.29, 1.82) is 0 Å². The van der Waals surface area contributed by atoms with Gasteiger partial charge < -0.3 is 19.3 Å². The van der Waals surface area contributed by atoms with E-state index >= 15 is 0 Å². The van der Waals surface area contributed by atoms with Crippen LogP contribution < -0.4 is 4.90 Å². The van der Waals surface area contributed by atoms with E-state index in [1.807, 2.05) is 39.0 Å². The van der Waals surface area contributed by atoms with Gasteiger partial charge in [0, 0.05) is 50.9 Å². The Morgan fingerprint density at radius 1 is 1.06 bits per heavy atom. The van der Waals surface area contributed by atoms with Crippen LogP contribution in [0.5, 0.6) is 0 Å². The molecule has 174 valence electrons. The number of morpholine rings is 1. The molecule has 0 bridgehead atoms. The SMILES string of the molecule is CC(C)(C)OC(=O)N1CCN(c2cccc3cc(S(=O)(=O)N4CCOCC4)cnc23)CC1. The van der Waals surface area contributed by atoms with Crippen LogP contribution in [-0.2, 0) is 19.5 Å². The fourth-order valence-electron chi connectivity index (χ4n) is 3.91. The number of rotatable bonds is 3. The predicted octanol–water partition coefficient (Wildman–Crippen LogP) is 2.31. The van der Waals surface area contributed by atoms with Gasteiger partial charge in [-0.05, 0) is 32.9 Å². The average Bonchev–Trinajstić information content (AvgIpc) is 2.78. The maximum Gasteiger partial charge on any atom is 0.410 e. The van der Waals surface area contributed by atoms with E-state index in [2.05, 4.69) is 9.88 Å². The molecular formula is C22H30N4O5S. The Balaban J connectivity index is 1.52. The number of nitrogens with zero attached hydrogens (tertiary/aromatic N) is 4. The van der Waals surface area contributed by atoms with Crippen molar-refractivity contribution >= 4 is 32.7 Å². The lowest BCUT2D eigenvalue weighted by atomic mass is 10.1. The van der Waals surface area contributed by atoms with Crippen LogP contribution in [-0.4, -0.2) is 86.8 Å². The van der Waals surface area contributed by atoms with Crippen LogP contribution in [0.4, 0.5) is 10.5 Å². The highest BCUT2D eigenvalue weighted by atomic mass is 32.2. The van der Waals surface area contributed by atoms with Gasteiger partial charge in [-0.3, -0.25) is 4.98 Å². The van der Waals surface area contributed by atoms with E-state index in [1.165, 1.54) is 10.5 Å². The Morgan fingerprint density at radius 3 is 2.41 bits per heavy atom. The Bertz CT molecular complexity index is 1090. The van der Waals surface area contributed by atoms with Gasteiger partial charge in [0.05, 0.1) is 24.4 Å². The molecule has 10 heteroatoms. The number of hydrogen-bond acceptors (Lipinski definition) is 7. The number of carbonyl (C=O) groups is 1. The van der Waals surface area contributed by atoms with Crippen LogP contribution in [0.2, 0.25) is 0 Å². The lowest BCUT2D eigenvalue weighted by Crippen LogP contribution is -2.50. The molecule has 1 aromatic heterocycles. The number of ether oxygens (including phenoxy) is 2. The van der Waals surface area contributed by atoms with E-state index in [-0.39, 0.29) is 11.0 Å². The molecule has 2 saturated heterocycles. The van der Waals surface area contributed by atoms with Crippen molar-refractivity contribution in [3.05, 3.63) is 30.5 Å². The molecule has 4 rings (SSSR count). The zero-order chi connectivity index (χ0) is 22.9. The number of aromatic nitrogens is 1. The first-order valence-corrected chi connectivity index (χ1v) is 12.3. The number of sulfonamides is 1. The smallest absolute Gasteiger partial charge is 0.410 e. The first kappa shape index (κ1) is 22.8. The Morgan fingerprint density at radius 2 is 1.75 bits per heavy atom. The van der Waals surface area contributed by atoms with Gasteiger partial charge >= 0.3 is 6.09 Å². The summed E-state index contributed by atoms with van der Waals surface area (Å²) in [5.41, 5.74) is 1.16. The summed E-state index contributed by atoms with van der Waals surface area (Å²) < 4.78 is 38.2. The number of benzene rings is 1. The maximum atomic E-state index is 13.0. The molecule has 1 aromatic carbocycles. The van der Waals surface area contributed by atoms with Gasteiger partial charge in [0.2, 0.25) is 10.0 Å². The molecule has 1 amide bonds. The van der Waals surface area contributed by atoms with Crippen LogP contribution >= 0.6 is 0 Å². The molecular weight excluding hydrogens is 432 g/mol. The Labute approximate surface area is 188 Å². The number of pyridine rings is 1. The first-order valence-electron chi connectivity index (χ1n) is 10.8. The number of anilines is 1.